The Morgan fingerprint density at radius 2 is 2.33 bits per heavy atom. The Balaban J connectivity index is 2.50. The van der Waals surface area contributed by atoms with Gasteiger partial charge in [-0.15, -0.1) is 0 Å². The summed E-state index contributed by atoms with van der Waals surface area (Å²) in [5.41, 5.74) is 4.41. The quantitative estimate of drug-likeness (QED) is 0.663. The third-order valence-electron chi connectivity index (χ3n) is 1.68. The van der Waals surface area contributed by atoms with Crippen LogP contribution in [0, 0.1) is 0 Å². The van der Waals surface area contributed by atoms with Crippen molar-refractivity contribution < 1.29 is 0 Å². The Kier molecular flexibility index (Phi) is 3.25. The fourth-order valence-corrected chi connectivity index (χ4v) is 1.03. The van der Waals surface area contributed by atoms with Gasteiger partial charge in [0, 0.05) is 26.8 Å². The Morgan fingerprint density at radius 3 is 2.92 bits per heavy atom. The van der Waals surface area contributed by atoms with Gasteiger partial charge in [0.1, 0.15) is 0 Å². The van der Waals surface area contributed by atoms with Crippen molar-refractivity contribution >= 4 is 0 Å². The first-order valence-electron chi connectivity index (χ1n) is 4.15. The SMILES string of the molecule is CCn1nccc1CNN(C)C. The molecule has 4 heteroatoms. The van der Waals surface area contributed by atoms with Gasteiger partial charge in [-0.1, -0.05) is 0 Å². The fraction of sp³-hybridized carbons (Fsp3) is 0.625. The van der Waals surface area contributed by atoms with Crippen LogP contribution < -0.4 is 5.43 Å². The second-order valence-corrected chi connectivity index (χ2v) is 2.87. The van der Waals surface area contributed by atoms with E-state index in [-0.39, 0.29) is 0 Å². The van der Waals surface area contributed by atoms with E-state index in [1.807, 2.05) is 36.0 Å². The molecule has 68 valence electrons. The highest BCUT2D eigenvalue weighted by Gasteiger charge is 1.99. The van der Waals surface area contributed by atoms with Crippen molar-refractivity contribution in [3.05, 3.63) is 18.0 Å². The van der Waals surface area contributed by atoms with Crippen LogP contribution in [0.15, 0.2) is 12.3 Å². The minimum absolute atomic E-state index is 0.834. The van der Waals surface area contributed by atoms with Crippen molar-refractivity contribution in [2.24, 2.45) is 0 Å². The minimum atomic E-state index is 0.834. The molecule has 0 radical (unpaired) electrons. The van der Waals surface area contributed by atoms with Gasteiger partial charge in [-0.2, -0.15) is 5.10 Å². The van der Waals surface area contributed by atoms with Crippen molar-refractivity contribution in [3.8, 4) is 0 Å². The first kappa shape index (κ1) is 9.22. The molecule has 0 saturated heterocycles. The number of hydrazine groups is 1. The Morgan fingerprint density at radius 1 is 1.58 bits per heavy atom. The summed E-state index contributed by atoms with van der Waals surface area (Å²) in [5, 5.41) is 6.11. The van der Waals surface area contributed by atoms with Crippen LogP contribution in [0.25, 0.3) is 0 Å². The standard InChI is InChI=1S/C8H16N4/c1-4-12-8(5-6-9-12)7-10-11(2)3/h5-6,10H,4,7H2,1-3H3. The van der Waals surface area contributed by atoms with Gasteiger partial charge in [0.25, 0.3) is 0 Å². The number of nitrogens with one attached hydrogen (secondary N) is 1. The zero-order valence-electron chi connectivity index (χ0n) is 7.91. The van der Waals surface area contributed by atoms with Gasteiger partial charge in [0.15, 0.2) is 0 Å². The molecule has 0 aliphatic rings. The normalized spacial score (nSPS) is 11.0. The third kappa shape index (κ3) is 2.32. The summed E-state index contributed by atoms with van der Waals surface area (Å²) in [5.74, 6) is 0. The number of nitrogens with zero attached hydrogens (tertiary/aromatic N) is 3. The summed E-state index contributed by atoms with van der Waals surface area (Å²) < 4.78 is 1.98. The van der Waals surface area contributed by atoms with E-state index in [9.17, 15) is 0 Å². The molecule has 0 aliphatic carbocycles. The minimum Gasteiger partial charge on any atom is -0.269 e. The van der Waals surface area contributed by atoms with Crippen LogP contribution in [-0.4, -0.2) is 28.9 Å². The van der Waals surface area contributed by atoms with E-state index in [4.69, 9.17) is 0 Å². The van der Waals surface area contributed by atoms with Gasteiger partial charge < -0.3 is 0 Å². The molecule has 0 aromatic carbocycles. The van der Waals surface area contributed by atoms with Crippen LogP contribution >= 0.6 is 0 Å². The molecule has 0 saturated carbocycles. The van der Waals surface area contributed by atoms with Crippen molar-refractivity contribution in [3.63, 3.8) is 0 Å². The van der Waals surface area contributed by atoms with Gasteiger partial charge in [-0.25, -0.2) is 5.43 Å². The zero-order valence-corrected chi connectivity index (χ0v) is 7.91. The van der Waals surface area contributed by atoms with Gasteiger partial charge >= 0.3 is 0 Å². The predicted molar refractivity (Wildman–Crippen MR) is 48.4 cm³/mol. The summed E-state index contributed by atoms with van der Waals surface area (Å²) in [4.78, 5) is 0. The van der Waals surface area contributed by atoms with Gasteiger partial charge in [-0.3, -0.25) is 9.69 Å². The lowest BCUT2D eigenvalue weighted by Gasteiger charge is -2.12. The molecule has 4 nitrogen and oxygen atoms in total. The van der Waals surface area contributed by atoms with Crippen LogP contribution in [0.5, 0.6) is 0 Å². The molecule has 1 rings (SSSR count). The van der Waals surface area contributed by atoms with E-state index < -0.39 is 0 Å². The first-order chi connectivity index (χ1) is 5.74. The highest BCUT2D eigenvalue weighted by molar-refractivity contribution is 4.99. The highest BCUT2D eigenvalue weighted by Crippen LogP contribution is 1.97. The molecule has 0 spiro atoms. The predicted octanol–water partition coefficient (Wildman–Crippen LogP) is 0.469. The number of hydrogen-bond acceptors (Lipinski definition) is 3. The molecule has 0 amide bonds. The molecule has 0 atom stereocenters. The van der Waals surface area contributed by atoms with E-state index in [2.05, 4.69) is 17.4 Å². The van der Waals surface area contributed by atoms with Crippen LogP contribution in [0.2, 0.25) is 0 Å². The monoisotopic (exact) mass is 168 g/mol. The molecule has 1 aromatic heterocycles. The highest BCUT2D eigenvalue weighted by atomic mass is 15.5. The Bertz CT molecular complexity index is 229. The summed E-state index contributed by atoms with van der Waals surface area (Å²) >= 11 is 0. The van der Waals surface area contributed by atoms with Crippen LogP contribution in [0.4, 0.5) is 0 Å². The number of aromatic nitrogens is 2. The van der Waals surface area contributed by atoms with E-state index in [1.54, 1.807) is 0 Å². The second kappa shape index (κ2) is 4.23. The van der Waals surface area contributed by atoms with E-state index >= 15 is 0 Å². The van der Waals surface area contributed by atoms with Gasteiger partial charge in [-0.05, 0) is 13.0 Å². The fourth-order valence-electron chi connectivity index (χ4n) is 1.03. The molecule has 1 N–H and O–H groups in total. The van der Waals surface area contributed by atoms with Crippen molar-refractivity contribution in [1.82, 2.24) is 20.2 Å². The summed E-state index contributed by atoms with van der Waals surface area (Å²) in [6.07, 6.45) is 1.83. The van der Waals surface area contributed by atoms with Crippen molar-refractivity contribution in [1.29, 1.82) is 0 Å². The van der Waals surface area contributed by atoms with Crippen molar-refractivity contribution in [2.75, 3.05) is 14.1 Å². The lowest BCUT2D eigenvalue weighted by molar-refractivity contribution is 0.281. The van der Waals surface area contributed by atoms with E-state index in [1.165, 1.54) is 5.69 Å². The lowest BCUT2D eigenvalue weighted by Crippen LogP contribution is -2.30. The number of hydrogen-bond donors (Lipinski definition) is 1. The molecule has 12 heavy (non-hydrogen) atoms. The number of aryl methyl sites for hydroxylation is 1. The average molecular weight is 168 g/mol. The van der Waals surface area contributed by atoms with Crippen LogP contribution in [0.1, 0.15) is 12.6 Å². The topological polar surface area (TPSA) is 33.1 Å². The number of rotatable bonds is 4. The van der Waals surface area contributed by atoms with Crippen LogP contribution in [0.3, 0.4) is 0 Å². The zero-order chi connectivity index (χ0) is 8.97. The maximum atomic E-state index is 4.17. The van der Waals surface area contributed by atoms with E-state index in [0.717, 1.165) is 13.1 Å². The second-order valence-electron chi connectivity index (χ2n) is 2.87. The van der Waals surface area contributed by atoms with Crippen LogP contribution in [-0.2, 0) is 13.1 Å². The maximum Gasteiger partial charge on any atom is 0.0536 e. The van der Waals surface area contributed by atoms with E-state index in [0.29, 0.717) is 0 Å². The largest absolute Gasteiger partial charge is 0.269 e. The molecular formula is C8H16N4. The molecule has 0 bridgehead atoms. The summed E-state index contributed by atoms with van der Waals surface area (Å²) in [7, 11) is 3.96. The average Bonchev–Trinajstić information content (AvgIpc) is 2.47. The third-order valence-corrected chi connectivity index (χ3v) is 1.68. The van der Waals surface area contributed by atoms with Crippen molar-refractivity contribution in [2.45, 2.75) is 20.0 Å². The van der Waals surface area contributed by atoms with Gasteiger partial charge in [0.05, 0.1) is 12.2 Å². The van der Waals surface area contributed by atoms with Gasteiger partial charge in [0.2, 0.25) is 0 Å². The Labute approximate surface area is 73.1 Å². The molecule has 1 aromatic rings. The first-order valence-corrected chi connectivity index (χ1v) is 4.15. The molecule has 0 unspecified atom stereocenters. The molecule has 0 aliphatic heterocycles. The summed E-state index contributed by atoms with van der Waals surface area (Å²) in [6.45, 7) is 3.85. The maximum absolute atomic E-state index is 4.17. The smallest absolute Gasteiger partial charge is 0.0536 e. The molecule has 1 heterocycles. The molecular weight excluding hydrogens is 152 g/mol. The lowest BCUT2D eigenvalue weighted by atomic mass is 10.4. The summed E-state index contributed by atoms with van der Waals surface area (Å²) in [6, 6.07) is 2.03. The Hall–Kier alpha value is -0.870. The molecule has 0 fully saturated rings.